The van der Waals surface area contributed by atoms with Crippen LogP contribution in [0.4, 0.5) is 0 Å². The van der Waals surface area contributed by atoms with Crippen molar-refractivity contribution in [1.82, 2.24) is 0 Å². The summed E-state index contributed by atoms with van der Waals surface area (Å²) in [6.07, 6.45) is 0.209. The molecular formula is C11H21NO4. The highest BCUT2D eigenvalue weighted by atomic mass is 16.6. The van der Waals surface area contributed by atoms with Crippen molar-refractivity contribution in [2.75, 3.05) is 6.54 Å². The lowest BCUT2D eigenvalue weighted by molar-refractivity contribution is -0.167. The third kappa shape index (κ3) is 5.70. The topological polar surface area (TPSA) is 89.6 Å². The van der Waals surface area contributed by atoms with E-state index in [0.29, 0.717) is 6.54 Å². The fourth-order valence-electron chi connectivity index (χ4n) is 1.17. The van der Waals surface area contributed by atoms with Crippen LogP contribution < -0.4 is 5.73 Å². The first-order chi connectivity index (χ1) is 7.17. The van der Waals surface area contributed by atoms with Gasteiger partial charge in [-0.1, -0.05) is 6.92 Å². The van der Waals surface area contributed by atoms with Gasteiger partial charge < -0.3 is 15.6 Å². The summed E-state index contributed by atoms with van der Waals surface area (Å²) in [7, 11) is 0. The van der Waals surface area contributed by atoms with E-state index in [4.69, 9.17) is 15.6 Å². The molecule has 2 unspecified atom stereocenters. The molecule has 0 aliphatic heterocycles. The van der Waals surface area contributed by atoms with Crippen LogP contribution in [-0.2, 0) is 14.3 Å². The van der Waals surface area contributed by atoms with Crippen molar-refractivity contribution >= 4 is 11.9 Å². The number of rotatable bonds is 5. The van der Waals surface area contributed by atoms with Crippen molar-refractivity contribution < 1.29 is 19.4 Å². The van der Waals surface area contributed by atoms with Crippen LogP contribution >= 0.6 is 0 Å². The van der Waals surface area contributed by atoms with Gasteiger partial charge in [0.05, 0.1) is 0 Å². The maximum Gasteiger partial charge on any atom is 0.320 e. The molecule has 0 aliphatic carbocycles. The molecule has 0 radical (unpaired) electrons. The van der Waals surface area contributed by atoms with Crippen molar-refractivity contribution in [3.8, 4) is 0 Å². The Balaban J connectivity index is 4.54. The fourth-order valence-corrected chi connectivity index (χ4v) is 1.17. The Bertz CT molecular complexity index is 257. The van der Waals surface area contributed by atoms with Gasteiger partial charge in [0.15, 0.2) is 5.92 Å². The molecule has 0 heterocycles. The number of carbonyl (C=O) groups excluding carboxylic acids is 1. The number of carboxylic acid groups (broad SMARTS) is 1. The van der Waals surface area contributed by atoms with Crippen molar-refractivity contribution in [1.29, 1.82) is 0 Å². The van der Waals surface area contributed by atoms with E-state index in [-0.39, 0.29) is 12.3 Å². The summed E-state index contributed by atoms with van der Waals surface area (Å²) >= 11 is 0. The van der Waals surface area contributed by atoms with E-state index in [0.717, 1.165) is 0 Å². The largest absolute Gasteiger partial charge is 0.481 e. The van der Waals surface area contributed by atoms with Crippen LogP contribution in [0.2, 0.25) is 0 Å². The van der Waals surface area contributed by atoms with Gasteiger partial charge in [0.25, 0.3) is 0 Å². The van der Waals surface area contributed by atoms with Gasteiger partial charge in [0.1, 0.15) is 5.60 Å². The van der Waals surface area contributed by atoms with Gasteiger partial charge in [0.2, 0.25) is 0 Å². The third-order valence-corrected chi connectivity index (χ3v) is 2.03. The summed E-state index contributed by atoms with van der Waals surface area (Å²) in [4.78, 5) is 22.5. The summed E-state index contributed by atoms with van der Waals surface area (Å²) in [6, 6.07) is 0. The van der Waals surface area contributed by atoms with E-state index >= 15 is 0 Å². The maximum atomic E-state index is 11.6. The van der Waals surface area contributed by atoms with Gasteiger partial charge >= 0.3 is 11.9 Å². The van der Waals surface area contributed by atoms with Crippen LogP contribution in [0.25, 0.3) is 0 Å². The molecule has 2 atom stereocenters. The van der Waals surface area contributed by atoms with E-state index in [1.807, 2.05) is 0 Å². The van der Waals surface area contributed by atoms with Crippen LogP contribution in [-0.4, -0.2) is 29.2 Å². The third-order valence-electron chi connectivity index (χ3n) is 2.03. The molecule has 0 amide bonds. The van der Waals surface area contributed by atoms with Crippen LogP contribution in [0, 0.1) is 11.8 Å². The van der Waals surface area contributed by atoms with E-state index in [9.17, 15) is 9.59 Å². The van der Waals surface area contributed by atoms with E-state index < -0.39 is 23.5 Å². The number of carbonyl (C=O) groups is 2. The predicted octanol–water partition coefficient (Wildman–Crippen LogP) is 1.01. The fraction of sp³-hybridized carbons (Fsp3) is 0.818. The average molecular weight is 231 g/mol. The van der Waals surface area contributed by atoms with E-state index in [1.54, 1.807) is 27.7 Å². The minimum Gasteiger partial charge on any atom is -0.481 e. The minimum atomic E-state index is -1.16. The molecule has 0 rings (SSSR count). The molecule has 0 aromatic carbocycles. The van der Waals surface area contributed by atoms with Crippen molar-refractivity contribution in [3.05, 3.63) is 0 Å². The van der Waals surface area contributed by atoms with Gasteiger partial charge in [-0.3, -0.25) is 9.59 Å². The first kappa shape index (κ1) is 14.9. The highest BCUT2D eigenvalue weighted by molar-refractivity contribution is 5.94. The second-order valence-corrected chi connectivity index (χ2v) is 5.00. The number of ether oxygens (including phenoxy) is 1. The molecule has 0 saturated heterocycles. The zero-order valence-corrected chi connectivity index (χ0v) is 10.3. The van der Waals surface area contributed by atoms with Gasteiger partial charge in [-0.05, 0) is 39.7 Å². The predicted molar refractivity (Wildman–Crippen MR) is 59.8 cm³/mol. The molecular weight excluding hydrogens is 210 g/mol. The van der Waals surface area contributed by atoms with E-state index in [2.05, 4.69) is 0 Å². The van der Waals surface area contributed by atoms with Crippen LogP contribution in [0.3, 0.4) is 0 Å². The van der Waals surface area contributed by atoms with Crippen molar-refractivity contribution in [2.45, 2.75) is 39.7 Å². The molecule has 0 spiro atoms. The molecule has 3 N–H and O–H groups in total. The lowest BCUT2D eigenvalue weighted by Gasteiger charge is -2.23. The molecule has 0 saturated carbocycles. The van der Waals surface area contributed by atoms with Gasteiger partial charge in [-0.15, -0.1) is 0 Å². The van der Waals surface area contributed by atoms with Crippen LogP contribution in [0.5, 0.6) is 0 Å². The number of hydrogen-bond acceptors (Lipinski definition) is 4. The Morgan fingerprint density at radius 1 is 1.38 bits per heavy atom. The highest BCUT2D eigenvalue weighted by Crippen LogP contribution is 2.17. The molecule has 5 nitrogen and oxygen atoms in total. The first-order valence-corrected chi connectivity index (χ1v) is 5.33. The summed E-state index contributed by atoms with van der Waals surface area (Å²) in [5.74, 6) is -3.00. The Morgan fingerprint density at radius 2 is 1.88 bits per heavy atom. The number of carboxylic acids is 1. The summed E-state index contributed by atoms with van der Waals surface area (Å²) in [6.45, 7) is 7.27. The number of esters is 1. The second-order valence-electron chi connectivity index (χ2n) is 5.00. The molecule has 94 valence electrons. The number of nitrogens with two attached hydrogens (primary N) is 1. The Labute approximate surface area is 96.0 Å². The standard InChI is InChI=1S/C11H21NO4/c1-7(6-12)5-8(9(13)14)10(15)16-11(2,3)4/h7-8H,5-6,12H2,1-4H3,(H,13,14). The quantitative estimate of drug-likeness (QED) is 0.544. The molecule has 16 heavy (non-hydrogen) atoms. The van der Waals surface area contributed by atoms with Crippen molar-refractivity contribution in [3.63, 3.8) is 0 Å². The maximum absolute atomic E-state index is 11.6. The highest BCUT2D eigenvalue weighted by Gasteiger charge is 2.32. The number of hydrogen-bond donors (Lipinski definition) is 2. The zero-order valence-electron chi connectivity index (χ0n) is 10.3. The second kappa shape index (κ2) is 5.84. The van der Waals surface area contributed by atoms with Crippen molar-refractivity contribution in [2.24, 2.45) is 17.6 Å². The Kier molecular flexibility index (Phi) is 5.44. The normalized spacial score (nSPS) is 15.3. The van der Waals surface area contributed by atoms with Crippen LogP contribution in [0.15, 0.2) is 0 Å². The molecule has 0 fully saturated rings. The van der Waals surface area contributed by atoms with Gasteiger partial charge in [-0.25, -0.2) is 0 Å². The van der Waals surface area contributed by atoms with E-state index in [1.165, 1.54) is 0 Å². The molecule has 5 heteroatoms. The minimum absolute atomic E-state index is 0.0198. The zero-order chi connectivity index (χ0) is 12.9. The Hall–Kier alpha value is -1.10. The monoisotopic (exact) mass is 231 g/mol. The summed E-state index contributed by atoms with van der Waals surface area (Å²) in [5, 5.41) is 8.94. The Morgan fingerprint density at radius 3 is 2.19 bits per heavy atom. The average Bonchev–Trinajstić information content (AvgIpc) is 2.09. The van der Waals surface area contributed by atoms with Gasteiger partial charge in [-0.2, -0.15) is 0 Å². The smallest absolute Gasteiger partial charge is 0.320 e. The molecule has 0 aliphatic rings. The first-order valence-electron chi connectivity index (χ1n) is 5.33. The summed E-state index contributed by atoms with van der Waals surface area (Å²) < 4.78 is 5.05. The summed E-state index contributed by atoms with van der Waals surface area (Å²) in [5.41, 5.74) is 4.73. The van der Waals surface area contributed by atoms with Crippen LogP contribution in [0.1, 0.15) is 34.1 Å². The van der Waals surface area contributed by atoms with Gasteiger partial charge in [0, 0.05) is 0 Å². The molecule has 0 bridgehead atoms. The number of aliphatic carboxylic acids is 1. The SMILES string of the molecule is CC(CN)CC(C(=O)O)C(=O)OC(C)(C)C. The molecule has 0 aromatic rings. The lowest BCUT2D eigenvalue weighted by atomic mass is 9.96. The molecule has 0 aromatic heterocycles. The lowest BCUT2D eigenvalue weighted by Crippen LogP contribution is -2.34.